The van der Waals surface area contributed by atoms with Crippen molar-refractivity contribution in [1.82, 2.24) is 4.90 Å². The Balaban J connectivity index is 1.51. The van der Waals surface area contributed by atoms with Crippen LogP contribution in [0.25, 0.3) is 10.8 Å². The molecule has 5 nitrogen and oxygen atoms in total. The van der Waals surface area contributed by atoms with Gasteiger partial charge in [0.05, 0.1) is 32.0 Å². The van der Waals surface area contributed by atoms with Crippen LogP contribution in [0.4, 0.5) is 15.8 Å². The molecular formula is C24H26ClFN2O3. The number of morpholine rings is 1. The summed E-state index contributed by atoms with van der Waals surface area (Å²) in [7, 11) is 1.64. The van der Waals surface area contributed by atoms with Gasteiger partial charge in [-0.3, -0.25) is 4.90 Å². The molecule has 1 heterocycles. The van der Waals surface area contributed by atoms with E-state index in [4.69, 9.17) is 25.8 Å². The number of rotatable bonds is 8. The Labute approximate surface area is 186 Å². The van der Waals surface area contributed by atoms with Crippen LogP contribution in [0.2, 0.25) is 5.02 Å². The van der Waals surface area contributed by atoms with Gasteiger partial charge >= 0.3 is 0 Å². The van der Waals surface area contributed by atoms with Gasteiger partial charge in [0, 0.05) is 36.4 Å². The summed E-state index contributed by atoms with van der Waals surface area (Å²) in [5.41, 5.74) is 1.59. The molecule has 1 saturated heterocycles. The summed E-state index contributed by atoms with van der Waals surface area (Å²) < 4.78 is 30.5. The number of nitrogens with one attached hydrogen (secondary N) is 1. The molecule has 0 aromatic heterocycles. The molecule has 1 fully saturated rings. The van der Waals surface area contributed by atoms with E-state index in [1.807, 2.05) is 30.3 Å². The maximum absolute atomic E-state index is 13.5. The number of nitrogens with zero attached hydrogens (tertiary/aromatic N) is 1. The highest BCUT2D eigenvalue weighted by molar-refractivity contribution is 6.31. The normalized spacial score (nSPS) is 14.5. The van der Waals surface area contributed by atoms with Gasteiger partial charge in [-0.1, -0.05) is 23.7 Å². The van der Waals surface area contributed by atoms with Gasteiger partial charge in [0.15, 0.2) is 11.5 Å². The first-order valence-corrected chi connectivity index (χ1v) is 10.8. The van der Waals surface area contributed by atoms with Gasteiger partial charge in [0.1, 0.15) is 5.82 Å². The fourth-order valence-corrected chi connectivity index (χ4v) is 3.87. The lowest BCUT2D eigenvalue weighted by Crippen LogP contribution is -2.37. The van der Waals surface area contributed by atoms with Gasteiger partial charge in [0.2, 0.25) is 0 Å². The molecule has 0 spiro atoms. The van der Waals surface area contributed by atoms with E-state index < -0.39 is 5.82 Å². The van der Waals surface area contributed by atoms with Gasteiger partial charge < -0.3 is 19.5 Å². The zero-order chi connectivity index (χ0) is 21.6. The molecule has 1 N–H and O–H groups in total. The van der Waals surface area contributed by atoms with Gasteiger partial charge in [0.25, 0.3) is 0 Å². The van der Waals surface area contributed by atoms with Gasteiger partial charge in [-0.2, -0.15) is 0 Å². The Bertz CT molecular complexity index is 1040. The van der Waals surface area contributed by atoms with Crippen LogP contribution in [0.5, 0.6) is 11.5 Å². The maximum atomic E-state index is 13.5. The van der Waals surface area contributed by atoms with Crippen LogP contribution in [0.1, 0.15) is 6.42 Å². The first kappa shape index (κ1) is 21.7. The van der Waals surface area contributed by atoms with Crippen LogP contribution < -0.4 is 14.8 Å². The topological polar surface area (TPSA) is 43.0 Å². The van der Waals surface area contributed by atoms with Gasteiger partial charge in [-0.25, -0.2) is 4.39 Å². The number of hydrogen-bond donors (Lipinski definition) is 1. The lowest BCUT2D eigenvalue weighted by Gasteiger charge is -2.26. The summed E-state index contributed by atoms with van der Waals surface area (Å²) in [5.74, 6) is 0.951. The molecule has 0 atom stereocenters. The Morgan fingerprint density at radius 1 is 1.10 bits per heavy atom. The predicted octanol–water partition coefficient (Wildman–Crippen LogP) is 5.49. The standard InChI is InChI=1S/C24H26ClFN2O3/c1-29-23-14-17-4-2-5-22(27-18-6-7-21(26)20(25)15-18)19(17)16-24(23)31-11-3-8-28-9-12-30-13-10-28/h2,4-7,14-16,27H,3,8-13H2,1H3. The number of halogens is 2. The summed E-state index contributed by atoms with van der Waals surface area (Å²) in [6.45, 7) is 5.13. The maximum Gasteiger partial charge on any atom is 0.161 e. The number of methoxy groups -OCH3 is 1. The van der Waals surface area contributed by atoms with E-state index >= 15 is 0 Å². The molecule has 7 heteroatoms. The van der Waals surface area contributed by atoms with Crippen molar-refractivity contribution in [2.45, 2.75) is 6.42 Å². The molecule has 31 heavy (non-hydrogen) atoms. The number of anilines is 2. The molecule has 0 amide bonds. The summed E-state index contributed by atoms with van der Waals surface area (Å²) in [5, 5.41) is 5.39. The van der Waals surface area contributed by atoms with Crippen molar-refractivity contribution in [2.75, 3.05) is 51.9 Å². The van der Waals surface area contributed by atoms with E-state index in [0.717, 1.165) is 55.7 Å². The third-order valence-corrected chi connectivity index (χ3v) is 5.63. The van der Waals surface area contributed by atoms with Gasteiger partial charge in [-0.15, -0.1) is 0 Å². The van der Waals surface area contributed by atoms with Crippen LogP contribution in [0.15, 0.2) is 48.5 Å². The molecule has 164 valence electrons. The van der Waals surface area contributed by atoms with Crippen molar-refractivity contribution in [1.29, 1.82) is 0 Å². The molecule has 3 aromatic carbocycles. The second kappa shape index (κ2) is 10.2. The number of benzene rings is 3. The quantitative estimate of drug-likeness (QED) is 0.465. The van der Waals surface area contributed by atoms with E-state index in [1.165, 1.54) is 6.07 Å². The summed E-state index contributed by atoms with van der Waals surface area (Å²) >= 11 is 5.93. The van der Waals surface area contributed by atoms with E-state index in [0.29, 0.717) is 23.8 Å². The molecule has 1 aliphatic heterocycles. The minimum Gasteiger partial charge on any atom is -0.493 e. The van der Waals surface area contributed by atoms with Crippen molar-refractivity contribution < 1.29 is 18.6 Å². The smallest absolute Gasteiger partial charge is 0.161 e. The third-order valence-electron chi connectivity index (χ3n) is 5.34. The average Bonchev–Trinajstić information content (AvgIpc) is 2.79. The van der Waals surface area contributed by atoms with Crippen LogP contribution in [-0.4, -0.2) is 51.5 Å². The van der Waals surface area contributed by atoms with Crippen molar-refractivity contribution in [3.8, 4) is 11.5 Å². The Morgan fingerprint density at radius 3 is 2.71 bits per heavy atom. The third kappa shape index (κ3) is 5.39. The number of fused-ring (bicyclic) bond motifs is 1. The second-order valence-corrected chi connectivity index (χ2v) is 7.85. The molecule has 0 saturated carbocycles. The molecule has 0 bridgehead atoms. The van der Waals surface area contributed by atoms with Crippen LogP contribution >= 0.6 is 11.6 Å². The molecule has 3 aromatic rings. The Morgan fingerprint density at radius 2 is 1.94 bits per heavy atom. The van der Waals surface area contributed by atoms with Crippen LogP contribution in [-0.2, 0) is 4.74 Å². The molecular weight excluding hydrogens is 419 g/mol. The van der Waals surface area contributed by atoms with Crippen molar-refractivity contribution in [3.05, 3.63) is 59.4 Å². The zero-order valence-electron chi connectivity index (χ0n) is 17.5. The van der Waals surface area contributed by atoms with E-state index in [-0.39, 0.29) is 5.02 Å². The molecule has 4 rings (SSSR count). The van der Waals surface area contributed by atoms with Crippen LogP contribution in [0, 0.1) is 5.82 Å². The predicted molar refractivity (Wildman–Crippen MR) is 123 cm³/mol. The molecule has 0 unspecified atom stereocenters. The number of hydrogen-bond acceptors (Lipinski definition) is 5. The summed E-state index contributed by atoms with van der Waals surface area (Å²) in [6.07, 6.45) is 0.926. The lowest BCUT2D eigenvalue weighted by atomic mass is 10.1. The summed E-state index contributed by atoms with van der Waals surface area (Å²) in [4.78, 5) is 2.39. The lowest BCUT2D eigenvalue weighted by molar-refractivity contribution is 0.0357. The molecule has 0 radical (unpaired) electrons. The van der Waals surface area contributed by atoms with Gasteiger partial charge in [-0.05, 0) is 48.2 Å². The molecule has 0 aliphatic carbocycles. The molecule has 1 aliphatic rings. The van der Waals surface area contributed by atoms with Crippen molar-refractivity contribution in [2.24, 2.45) is 0 Å². The highest BCUT2D eigenvalue weighted by Gasteiger charge is 2.12. The monoisotopic (exact) mass is 444 g/mol. The SMILES string of the molecule is COc1cc2cccc(Nc3ccc(F)c(Cl)c3)c2cc1OCCCN1CCOCC1. The van der Waals surface area contributed by atoms with E-state index in [1.54, 1.807) is 19.2 Å². The van der Waals surface area contributed by atoms with Crippen molar-refractivity contribution in [3.63, 3.8) is 0 Å². The Kier molecular flexibility index (Phi) is 7.12. The fraction of sp³-hybridized carbons (Fsp3) is 0.333. The first-order chi connectivity index (χ1) is 15.1. The highest BCUT2D eigenvalue weighted by atomic mass is 35.5. The Hall–Kier alpha value is -2.54. The van der Waals surface area contributed by atoms with Crippen LogP contribution in [0.3, 0.4) is 0 Å². The summed E-state index contributed by atoms with van der Waals surface area (Å²) in [6, 6.07) is 14.5. The van der Waals surface area contributed by atoms with Crippen molar-refractivity contribution >= 4 is 33.7 Å². The minimum absolute atomic E-state index is 0.0798. The van der Waals surface area contributed by atoms with E-state index in [2.05, 4.69) is 10.2 Å². The fourth-order valence-electron chi connectivity index (χ4n) is 3.69. The first-order valence-electron chi connectivity index (χ1n) is 10.4. The number of ether oxygens (including phenoxy) is 3. The average molecular weight is 445 g/mol. The zero-order valence-corrected chi connectivity index (χ0v) is 18.3. The largest absolute Gasteiger partial charge is 0.493 e. The minimum atomic E-state index is -0.442. The van der Waals surface area contributed by atoms with E-state index in [9.17, 15) is 4.39 Å². The highest BCUT2D eigenvalue weighted by Crippen LogP contribution is 2.37. The second-order valence-electron chi connectivity index (χ2n) is 7.44.